The maximum absolute atomic E-state index is 5.82. The van der Waals surface area contributed by atoms with Crippen LogP contribution < -0.4 is 10.6 Å². The molecule has 17 heavy (non-hydrogen) atoms. The van der Waals surface area contributed by atoms with Crippen molar-refractivity contribution >= 4 is 11.4 Å². The topological polar surface area (TPSA) is 29.3 Å². The maximum Gasteiger partial charge on any atom is 0.0399 e. The van der Waals surface area contributed by atoms with Gasteiger partial charge in [0.2, 0.25) is 0 Å². The molecule has 1 unspecified atom stereocenters. The lowest BCUT2D eigenvalue weighted by Gasteiger charge is -2.32. The zero-order valence-electron chi connectivity index (χ0n) is 11.7. The van der Waals surface area contributed by atoms with Crippen LogP contribution in [0, 0.1) is 6.92 Å². The molecule has 0 saturated heterocycles. The van der Waals surface area contributed by atoms with Crippen molar-refractivity contribution in [3.63, 3.8) is 0 Å². The van der Waals surface area contributed by atoms with E-state index in [0.717, 1.165) is 12.2 Å². The fourth-order valence-corrected chi connectivity index (χ4v) is 2.13. The number of aryl methyl sites for hydroxylation is 1. The van der Waals surface area contributed by atoms with Gasteiger partial charge in [0.25, 0.3) is 0 Å². The Kier molecular flexibility index (Phi) is 5.33. The molecular formula is C15H26N2. The summed E-state index contributed by atoms with van der Waals surface area (Å²) in [6, 6.07) is 6.82. The number of nitrogens with two attached hydrogens (primary N) is 1. The lowest BCUT2D eigenvalue weighted by atomic mass is 10.1. The van der Waals surface area contributed by atoms with E-state index in [4.69, 9.17) is 5.73 Å². The summed E-state index contributed by atoms with van der Waals surface area (Å²) in [6.07, 6.45) is 3.66. The Morgan fingerprint density at radius 2 is 2.00 bits per heavy atom. The van der Waals surface area contributed by atoms with Gasteiger partial charge in [-0.25, -0.2) is 0 Å². The van der Waals surface area contributed by atoms with Gasteiger partial charge in [0, 0.05) is 24.0 Å². The Morgan fingerprint density at radius 3 is 2.53 bits per heavy atom. The van der Waals surface area contributed by atoms with Gasteiger partial charge < -0.3 is 10.6 Å². The highest BCUT2D eigenvalue weighted by molar-refractivity contribution is 5.59. The van der Waals surface area contributed by atoms with Crippen molar-refractivity contribution in [1.29, 1.82) is 0 Å². The van der Waals surface area contributed by atoms with Crippen LogP contribution in [-0.4, -0.2) is 12.6 Å². The van der Waals surface area contributed by atoms with Crippen molar-refractivity contribution in [1.82, 2.24) is 0 Å². The minimum atomic E-state index is 0.587. The molecule has 0 aliphatic rings. The third-order valence-electron chi connectivity index (χ3n) is 3.41. The molecule has 0 radical (unpaired) electrons. The van der Waals surface area contributed by atoms with Gasteiger partial charge in [0.15, 0.2) is 0 Å². The molecule has 1 rings (SSSR count). The molecule has 96 valence electrons. The molecule has 2 N–H and O–H groups in total. The van der Waals surface area contributed by atoms with Gasteiger partial charge in [-0.1, -0.05) is 20.3 Å². The summed E-state index contributed by atoms with van der Waals surface area (Å²) in [5.74, 6) is 0. The predicted molar refractivity (Wildman–Crippen MR) is 77.6 cm³/mol. The van der Waals surface area contributed by atoms with Crippen molar-refractivity contribution in [3.05, 3.63) is 23.8 Å². The third-order valence-corrected chi connectivity index (χ3v) is 3.41. The molecular weight excluding hydrogens is 208 g/mol. The first-order valence-corrected chi connectivity index (χ1v) is 6.72. The van der Waals surface area contributed by atoms with Gasteiger partial charge in [-0.2, -0.15) is 0 Å². The Hall–Kier alpha value is -1.18. The van der Waals surface area contributed by atoms with E-state index in [1.165, 1.54) is 30.5 Å². The van der Waals surface area contributed by atoms with Crippen LogP contribution in [-0.2, 0) is 0 Å². The minimum Gasteiger partial charge on any atom is -0.399 e. The molecule has 0 aliphatic carbocycles. The molecule has 0 saturated carbocycles. The van der Waals surface area contributed by atoms with Crippen molar-refractivity contribution < 1.29 is 0 Å². The Bertz CT molecular complexity index is 347. The SMILES string of the molecule is CCCCN(c1ccc(N)cc1C)C(C)CC. The summed E-state index contributed by atoms with van der Waals surface area (Å²) < 4.78 is 0. The van der Waals surface area contributed by atoms with E-state index < -0.39 is 0 Å². The van der Waals surface area contributed by atoms with Crippen molar-refractivity contribution in [3.8, 4) is 0 Å². The van der Waals surface area contributed by atoms with Gasteiger partial charge in [-0.15, -0.1) is 0 Å². The molecule has 2 nitrogen and oxygen atoms in total. The number of nitrogens with zero attached hydrogens (tertiary/aromatic N) is 1. The van der Waals surface area contributed by atoms with Gasteiger partial charge in [-0.05, 0) is 50.5 Å². The second-order valence-electron chi connectivity index (χ2n) is 4.85. The molecule has 0 heterocycles. The van der Waals surface area contributed by atoms with Gasteiger partial charge in [-0.3, -0.25) is 0 Å². The van der Waals surface area contributed by atoms with Gasteiger partial charge >= 0.3 is 0 Å². The van der Waals surface area contributed by atoms with Gasteiger partial charge in [0.1, 0.15) is 0 Å². The molecule has 0 aliphatic heterocycles. The van der Waals surface area contributed by atoms with E-state index in [1.807, 2.05) is 6.07 Å². The number of anilines is 2. The fraction of sp³-hybridized carbons (Fsp3) is 0.600. The molecule has 1 atom stereocenters. The van der Waals surface area contributed by atoms with E-state index in [2.05, 4.69) is 44.7 Å². The largest absolute Gasteiger partial charge is 0.399 e. The summed E-state index contributed by atoms with van der Waals surface area (Å²) in [5, 5.41) is 0. The number of rotatable bonds is 6. The van der Waals surface area contributed by atoms with Crippen LogP contribution in [0.1, 0.15) is 45.6 Å². The molecule has 1 aromatic rings. The highest BCUT2D eigenvalue weighted by Gasteiger charge is 2.14. The van der Waals surface area contributed by atoms with Crippen LogP contribution in [0.2, 0.25) is 0 Å². The van der Waals surface area contributed by atoms with E-state index in [1.54, 1.807) is 0 Å². The van der Waals surface area contributed by atoms with E-state index in [0.29, 0.717) is 6.04 Å². The number of hydrogen-bond donors (Lipinski definition) is 1. The molecule has 2 heteroatoms. The van der Waals surface area contributed by atoms with Crippen LogP contribution in [0.3, 0.4) is 0 Å². The highest BCUT2D eigenvalue weighted by atomic mass is 15.2. The first kappa shape index (κ1) is 13.9. The first-order chi connectivity index (χ1) is 8.10. The second kappa shape index (κ2) is 6.53. The number of hydrogen-bond acceptors (Lipinski definition) is 2. The molecule has 0 spiro atoms. The molecule has 1 aromatic carbocycles. The van der Waals surface area contributed by atoms with Crippen LogP contribution in [0.5, 0.6) is 0 Å². The molecule has 0 bridgehead atoms. The maximum atomic E-state index is 5.82. The van der Waals surface area contributed by atoms with Crippen molar-refractivity contribution in [2.45, 2.75) is 53.0 Å². The average Bonchev–Trinajstić information content (AvgIpc) is 2.31. The van der Waals surface area contributed by atoms with Crippen molar-refractivity contribution in [2.24, 2.45) is 0 Å². The average molecular weight is 234 g/mol. The quantitative estimate of drug-likeness (QED) is 0.754. The van der Waals surface area contributed by atoms with Gasteiger partial charge in [0.05, 0.1) is 0 Å². The smallest absolute Gasteiger partial charge is 0.0399 e. The molecule has 0 fully saturated rings. The number of nitrogen functional groups attached to an aromatic ring is 1. The second-order valence-corrected chi connectivity index (χ2v) is 4.85. The zero-order valence-corrected chi connectivity index (χ0v) is 11.7. The fourth-order valence-electron chi connectivity index (χ4n) is 2.13. The molecule has 0 amide bonds. The summed E-state index contributed by atoms with van der Waals surface area (Å²) >= 11 is 0. The van der Waals surface area contributed by atoms with Crippen LogP contribution >= 0.6 is 0 Å². The normalized spacial score (nSPS) is 12.5. The summed E-state index contributed by atoms with van der Waals surface area (Å²) in [4.78, 5) is 2.51. The standard InChI is InChI=1S/C15H26N2/c1-5-7-10-17(13(4)6-2)15-9-8-14(16)11-12(15)3/h8-9,11,13H,5-7,10,16H2,1-4H3. The number of benzene rings is 1. The summed E-state index contributed by atoms with van der Waals surface area (Å²) in [6.45, 7) is 10.1. The highest BCUT2D eigenvalue weighted by Crippen LogP contribution is 2.25. The van der Waals surface area contributed by atoms with Crippen LogP contribution in [0.15, 0.2) is 18.2 Å². The Balaban J connectivity index is 2.95. The summed E-state index contributed by atoms with van der Waals surface area (Å²) in [7, 11) is 0. The van der Waals surface area contributed by atoms with Crippen LogP contribution in [0.25, 0.3) is 0 Å². The van der Waals surface area contributed by atoms with E-state index in [9.17, 15) is 0 Å². The summed E-state index contributed by atoms with van der Waals surface area (Å²) in [5.41, 5.74) is 9.28. The van der Waals surface area contributed by atoms with E-state index >= 15 is 0 Å². The lowest BCUT2D eigenvalue weighted by Crippen LogP contribution is -2.34. The minimum absolute atomic E-state index is 0.587. The third kappa shape index (κ3) is 3.65. The lowest BCUT2D eigenvalue weighted by molar-refractivity contribution is 0.594. The Morgan fingerprint density at radius 1 is 1.29 bits per heavy atom. The van der Waals surface area contributed by atoms with E-state index in [-0.39, 0.29) is 0 Å². The van der Waals surface area contributed by atoms with Crippen molar-refractivity contribution in [2.75, 3.05) is 17.2 Å². The number of unbranched alkanes of at least 4 members (excludes halogenated alkanes) is 1. The monoisotopic (exact) mass is 234 g/mol. The predicted octanol–water partition coefficient (Wildman–Crippen LogP) is 3.98. The van der Waals surface area contributed by atoms with Crippen LogP contribution in [0.4, 0.5) is 11.4 Å². The first-order valence-electron chi connectivity index (χ1n) is 6.72. The Labute approximate surface area is 106 Å². The molecule has 0 aromatic heterocycles. The zero-order chi connectivity index (χ0) is 12.8.